The number of carboxylic acid groups (broad SMARTS) is 1. The fourth-order valence-corrected chi connectivity index (χ4v) is 23.6. The van der Waals surface area contributed by atoms with Crippen LogP contribution in [0.4, 0.5) is 0 Å². The van der Waals surface area contributed by atoms with E-state index in [0.717, 1.165) is 78.1 Å². The molecule has 10 aromatic carbocycles. The van der Waals surface area contributed by atoms with Crippen LogP contribution in [0.2, 0.25) is 5.02 Å². The quantitative estimate of drug-likeness (QED) is 0.0702. The molecule has 9 aliphatic rings. The number of benzene rings is 10. The Morgan fingerprint density at radius 1 is 0.415 bits per heavy atom. The van der Waals surface area contributed by atoms with Crippen molar-refractivity contribution < 1.29 is 72.5 Å². The van der Waals surface area contributed by atoms with Crippen molar-refractivity contribution in [3.63, 3.8) is 0 Å². The lowest BCUT2D eigenvalue weighted by molar-refractivity contribution is -0.141. The Hall–Kier alpha value is -8.28. The van der Waals surface area contributed by atoms with Crippen molar-refractivity contribution in [1.29, 1.82) is 0 Å². The van der Waals surface area contributed by atoms with Gasteiger partial charge in [-0.15, -0.1) is 82.3 Å². The van der Waals surface area contributed by atoms with Gasteiger partial charge in [-0.3, -0.25) is 57.5 Å². The Morgan fingerprint density at radius 3 is 1.37 bits per heavy atom. The highest BCUT2D eigenvalue weighted by Gasteiger charge is 2.40. The minimum Gasteiger partial charge on any atom is -0.481 e. The number of halogens is 2. The number of hydrogen-bond donors (Lipinski definition) is 2. The van der Waals surface area contributed by atoms with E-state index in [4.69, 9.17) is 26.6 Å². The zero-order valence-corrected chi connectivity index (χ0v) is 74.9. The van der Waals surface area contributed by atoms with Crippen LogP contribution in [0.25, 0.3) is 0 Å². The van der Waals surface area contributed by atoms with Crippen LogP contribution < -0.4 is 0 Å². The van der Waals surface area contributed by atoms with Crippen LogP contribution >= 0.6 is 133 Å². The van der Waals surface area contributed by atoms with Crippen LogP contribution in [0.5, 0.6) is 0 Å². The standard InChI is InChI=1S/C15H10O2S.C11H12OS.C10H7ClO3S.C10H8O3S.2C10H10OS.C9H7BrOS.C9H8OS.C8H6O2S/c16-13(10-6-2-1-3-7-10)15-14(17)11-8-4-5-9-12(11)18-15;1-6-4-7(2)11-9(5-6)10(12)8(3)13-11;11-5-1-2-7-6(3-5)10(14)8(15-7)4-9(12)13;1-6(11)13-10-9(12)7-4-2-3-5-8(7)14-10;1-6-3-4-9-8(5-6)10(11)7(2)12-9;1-10(2)9(11)7-5-3-4-6-8(7)12-10;1-5-2-3-7-6(4-5)8(11)9(10)12-7;1-6-9(10)7-4-2-3-5-8(7)11-6;9-7-5-3-1-2-4-6(5)11-8(7)10/h1-9,15H;4-5,8H,1-3H3;1-3,8H,4H2,(H,12,13);2-5,10H,1H3;3-5,7H,1-2H3;3-6H,1-2H3;2-4,9H,1H3;2-6H,1H3;1-4,8,10H. The zero-order valence-electron chi connectivity index (χ0n) is 65.2. The largest absolute Gasteiger partial charge is 0.481 e. The molecule has 0 aromatic heterocycles. The molecule has 10 aromatic rings. The lowest BCUT2D eigenvalue weighted by atomic mass is 10.0. The number of carboxylic acids is 1. The van der Waals surface area contributed by atoms with Gasteiger partial charge in [0.05, 0.1) is 32.2 Å². The molecule has 8 atom stereocenters. The van der Waals surface area contributed by atoms with Gasteiger partial charge in [-0.1, -0.05) is 207 Å². The van der Waals surface area contributed by atoms with Crippen molar-refractivity contribution in [3.8, 4) is 0 Å². The van der Waals surface area contributed by atoms with Gasteiger partial charge in [0.15, 0.2) is 51.7 Å². The molecule has 0 saturated carbocycles. The second-order valence-corrected chi connectivity index (χ2v) is 41.6. The third-order valence-corrected chi connectivity index (χ3v) is 30.6. The number of aliphatic hydroxyl groups excluding tert-OH is 1. The minimum absolute atomic E-state index is 0.0747. The molecule has 19 rings (SSSR count). The van der Waals surface area contributed by atoms with Crippen molar-refractivity contribution in [1.82, 2.24) is 0 Å². The van der Waals surface area contributed by atoms with Crippen LogP contribution in [0.15, 0.2) is 262 Å². The molecule has 0 spiro atoms. The summed E-state index contributed by atoms with van der Waals surface area (Å²) in [7, 11) is 0. The first kappa shape index (κ1) is 90.5. The topological polar surface area (TPSA) is 255 Å². The van der Waals surface area contributed by atoms with E-state index in [1.807, 2.05) is 201 Å². The predicted octanol–water partition coefficient (Wildman–Crippen LogP) is 22.6. The highest BCUT2D eigenvalue weighted by atomic mass is 79.9. The number of Topliss-reactive ketones (excluding diaryl/α,β-unsaturated/α-hetero) is 10. The second-order valence-electron chi connectivity index (χ2n) is 28.1. The van der Waals surface area contributed by atoms with Gasteiger partial charge in [-0.25, -0.2) is 0 Å². The SMILES string of the molecule is CC(=O)OC1Sc2ccccc2C1=O.CC1(C)Sc2ccccc2C1=O.CC1Sc2ccccc2C1=O.Cc1cc(C)c2c(c1)C(=O)C(C)S2.Cc1ccc2c(c1)C(=O)C(Br)S2.Cc1ccc2c(c1)C(=O)C(C)S2.O=C(O)CC1Sc2ccc(Cl)cc2C1=O.O=C(c1ccccc1)C1Sc2ccccc2C1=O.O=C1c2ccccc2SC1O. The zero-order chi connectivity index (χ0) is 85.1. The maximum absolute atomic E-state index is 12.3. The molecule has 9 aliphatic heterocycles. The molecule has 8 unspecified atom stereocenters. The first-order valence-corrected chi connectivity index (χ1v) is 46.1. The maximum atomic E-state index is 12.3. The smallest absolute Gasteiger partial charge is 0.304 e. The number of aliphatic carboxylic acids is 1. The first-order chi connectivity index (χ1) is 56.2. The molecular formula is C92H78BrClO15S9. The molecule has 0 bridgehead atoms. The number of aliphatic hydroxyl groups is 1. The molecule has 0 saturated heterocycles. The maximum Gasteiger partial charge on any atom is 0.304 e. The Kier molecular flexibility index (Phi) is 31.0. The van der Waals surface area contributed by atoms with E-state index in [9.17, 15) is 57.5 Å². The summed E-state index contributed by atoms with van der Waals surface area (Å²) in [5.41, 5.74) is 10.7. The van der Waals surface area contributed by atoms with E-state index in [1.54, 1.807) is 119 Å². The molecule has 15 nitrogen and oxygen atoms in total. The number of rotatable bonds is 5. The van der Waals surface area contributed by atoms with E-state index < -0.39 is 33.3 Å². The summed E-state index contributed by atoms with van der Waals surface area (Å²) >= 11 is 22.4. The molecule has 0 radical (unpaired) electrons. The number of esters is 1. The fraction of sp³-hybridized carbons (Fsp3) is 0.217. The molecule has 0 aliphatic carbocycles. The summed E-state index contributed by atoms with van der Waals surface area (Å²) in [6.07, 6.45) is -0.143. The van der Waals surface area contributed by atoms with Crippen molar-refractivity contribution in [3.05, 3.63) is 301 Å². The highest BCUT2D eigenvalue weighted by molar-refractivity contribution is 9.11. The number of carbonyl (C=O) groups is 12. The van der Waals surface area contributed by atoms with E-state index in [2.05, 4.69) is 35.0 Å². The van der Waals surface area contributed by atoms with Crippen LogP contribution in [-0.4, -0.2) is 126 Å². The summed E-state index contributed by atoms with van der Waals surface area (Å²) < 4.78 is 4.55. The number of carbonyl (C=O) groups excluding carboxylic acids is 11. The van der Waals surface area contributed by atoms with Crippen molar-refractivity contribution in [2.24, 2.45) is 0 Å². The monoisotopic (exact) mass is 1820 g/mol. The van der Waals surface area contributed by atoms with Gasteiger partial charge in [0.1, 0.15) is 9.41 Å². The van der Waals surface area contributed by atoms with Gasteiger partial charge in [-0.05, 0) is 147 Å². The molecule has 0 fully saturated rings. The predicted molar refractivity (Wildman–Crippen MR) is 481 cm³/mol. The van der Waals surface area contributed by atoms with Gasteiger partial charge in [-0.2, -0.15) is 0 Å². The highest BCUT2D eigenvalue weighted by Crippen LogP contribution is 2.47. The van der Waals surface area contributed by atoms with Gasteiger partial charge < -0.3 is 14.9 Å². The molecule has 0 amide bonds. The molecule has 604 valence electrons. The number of aryl methyl sites for hydroxylation is 4. The average Bonchev–Trinajstić information content (AvgIpc) is 1.60. The van der Waals surface area contributed by atoms with E-state index >= 15 is 0 Å². The number of ketones is 10. The Bertz CT molecular complexity index is 5530. The molecule has 118 heavy (non-hydrogen) atoms. The number of alkyl halides is 1. The summed E-state index contributed by atoms with van der Waals surface area (Å²) in [6.45, 7) is 19.3. The minimum atomic E-state index is -0.959. The van der Waals surface area contributed by atoms with Gasteiger partial charge in [0.25, 0.3) is 0 Å². The summed E-state index contributed by atoms with van der Waals surface area (Å²) in [5, 5.41) is 17.5. The van der Waals surface area contributed by atoms with Gasteiger partial charge in [0.2, 0.25) is 17.0 Å². The first-order valence-electron chi connectivity index (χ1n) is 37.0. The molecule has 2 N–H and O–H groups in total. The Labute approximate surface area is 736 Å². The molecular weight excluding hydrogens is 1750 g/mol. The number of thioether (sulfide) groups is 9. The normalized spacial score (nSPS) is 20.0. The third-order valence-electron chi connectivity index (χ3n) is 18.7. The van der Waals surface area contributed by atoms with E-state index in [0.29, 0.717) is 32.8 Å². The lowest BCUT2D eigenvalue weighted by Gasteiger charge is -2.11. The molecule has 9 heterocycles. The molecule has 26 heteroatoms. The van der Waals surface area contributed by atoms with Gasteiger partial charge >= 0.3 is 11.9 Å². The average molecular weight is 1830 g/mol. The third kappa shape index (κ3) is 21.9. The summed E-state index contributed by atoms with van der Waals surface area (Å²) in [5.74, 6) is -0.737. The van der Waals surface area contributed by atoms with Crippen molar-refractivity contribution in [2.45, 2.75) is 166 Å². The summed E-state index contributed by atoms with van der Waals surface area (Å²) in [4.78, 5) is 147. The van der Waals surface area contributed by atoms with Crippen LogP contribution in [0, 0.1) is 27.7 Å². The van der Waals surface area contributed by atoms with Crippen LogP contribution in [0.1, 0.15) is 174 Å². The van der Waals surface area contributed by atoms with E-state index in [-0.39, 0.29) is 88.9 Å². The number of ether oxygens (including phenoxy) is 1. The fourth-order valence-electron chi connectivity index (χ4n) is 12.9. The number of hydrogen-bond acceptors (Lipinski definition) is 23. The van der Waals surface area contributed by atoms with Crippen LogP contribution in [-0.2, 0) is 14.3 Å². The van der Waals surface area contributed by atoms with Gasteiger partial charge in [0, 0.05) is 112 Å². The Morgan fingerprint density at radius 2 is 0.839 bits per heavy atom. The summed E-state index contributed by atoms with van der Waals surface area (Å²) in [6, 6.07) is 67.7. The second kappa shape index (κ2) is 40.4. The van der Waals surface area contributed by atoms with Crippen molar-refractivity contribution in [2.75, 3.05) is 0 Å². The van der Waals surface area contributed by atoms with Crippen LogP contribution in [0.3, 0.4) is 0 Å². The lowest BCUT2D eigenvalue weighted by Crippen LogP contribution is -2.23. The van der Waals surface area contributed by atoms with Crippen molar-refractivity contribution >= 4 is 203 Å². The Balaban J connectivity index is 0.000000131. The number of fused-ring (bicyclic) bond motifs is 9. The van der Waals surface area contributed by atoms with E-state index in [1.165, 1.54) is 70.0 Å².